The summed E-state index contributed by atoms with van der Waals surface area (Å²) in [4.78, 5) is 0. The van der Waals surface area contributed by atoms with Crippen molar-refractivity contribution in [2.45, 2.75) is 20.3 Å². The number of hydrazone groups is 1. The van der Waals surface area contributed by atoms with Crippen LogP contribution in [0.2, 0.25) is 0 Å². The molecule has 0 aliphatic rings. The molecule has 3 nitrogen and oxygen atoms in total. The van der Waals surface area contributed by atoms with Crippen molar-refractivity contribution >= 4 is 22.6 Å². The van der Waals surface area contributed by atoms with E-state index in [1.807, 2.05) is 13.2 Å². The predicted molar refractivity (Wildman–Crippen MR) is 47.1 cm³/mol. The Morgan fingerprint density at radius 1 is 1.64 bits per heavy atom. The average Bonchev–Trinajstić information content (AvgIpc) is 1.99. The van der Waals surface area contributed by atoms with Crippen molar-refractivity contribution in [1.29, 1.82) is 0 Å². The first-order valence-corrected chi connectivity index (χ1v) is 4.38. The lowest BCUT2D eigenvalue weighted by Crippen LogP contribution is -3.00. The monoisotopic (exact) mass is 287 g/mol. The van der Waals surface area contributed by atoms with Crippen molar-refractivity contribution in [3.8, 4) is 0 Å². The second-order valence-corrected chi connectivity index (χ2v) is 2.73. The van der Waals surface area contributed by atoms with Crippen LogP contribution in [-0.2, 0) is 0 Å². The van der Waals surface area contributed by atoms with Gasteiger partial charge in [0.25, 0.3) is 0 Å². The Balaban J connectivity index is 0. The maximum absolute atomic E-state index is 5.44. The largest absolute Gasteiger partial charge is 1.00 e. The van der Waals surface area contributed by atoms with Crippen molar-refractivity contribution in [3.63, 3.8) is 0 Å². The highest BCUT2D eigenvalue weighted by Crippen LogP contribution is 1.81. The van der Waals surface area contributed by atoms with E-state index in [0.29, 0.717) is 5.17 Å². The number of hydrogen-bond acceptors (Lipinski definition) is 2. The fraction of sp³-hybridized carbons (Fsp3) is 0.667. The second kappa shape index (κ2) is 8.32. The topological polar surface area (TPSA) is 52.3 Å². The van der Waals surface area contributed by atoms with E-state index in [1.54, 1.807) is 0 Å². The highest BCUT2D eigenvalue weighted by Gasteiger charge is 1.91. The third-order valence-electron chi connectivity index (χ3n) is 1.09. The van der Waals surface area contributed by atoms with E-state index in [1.165, 1.54) is 11.8 Å². The Morgan fingerprint density at radius 3 is 2.55 bits per heavy atom. The Labute approximate surface area is 88.9 Å². The fourth-order valence-corrected chi connectivity index (χ4v) is 0.412. The fourth-order valence-electron chi connectivity index (χ4n) is 0.275. The molecule has 0 fully saturated rings. The van der Waals surface area contributed by atoms with E-state index in [0.717, 1.165) is 12.1 Å². The zero-order chi connectivity index (χ0) is 7.98. The van der Waals surface area contributed by atoms with Crippen molar-refractivity contribution in [3.05, 3.63) is 0 Å². The number of nitrogens with zero attached hydrogens (tertiary/aromatic N) is 1. The van der Waals surface area contributed by atoms with Crippen LogP contribution in [0.5, 0.6) is 0 Å². The first-order valence-electron chi connectivity index (χ1n) is 3.16. The third kappa shape index (κ3) is 8.12. The highest BCUT2D eigenvalue weighted by atomic mass is 127. The smallest absolute Gasteiger partial charge is 0.326 e. The van der Waals surface area contributed by atoms with Gasteiger partial charge in [-0.15, -0.1) is 5.10 Å². The van der Waals surface area contributed by atoms with E-state index >= 15 is 0 Å². The van der Waals surface area contributed by atoms with Gasteiger partial charge >= 0.3 is 5.17 Å². The van der Waals surface area contributed by atoms with Gasteiger partial charge in [0.15, 0.2) is 0 Å². The molecule has 0 aromatic heterocycles. The number of rotatable bonds is 2. The van der Waals surface area contributed by atoms with E-state index in [9.17, 15) is 0 Å². The number of nitrogens with two attached hydrogens (primary N) is 1. The molecule has 0 saturated carbocycles. The van der Waals surface area contributed by atoms with Crippen molar-refractivity contribution in [2.75, 3.05) is 6.26 Å². The predicted octanol–water partition coefficient (Wildman–Crippen LogP) is -3.47. The summed E-state index contributed by atoms with van der Waals surface area (Å²) in [6, 6.07) is 0. The molecule has 0 aliphatic heterocycles. The molecule has 11 heavy (non-hydrogen) atoms. The standard InChI is InChI=1S/C6H13N3S.HI/c1-4-5(2)8-9-6(7)10-3;/h4H2,1-3H3,(H2,7,9);1H/b8-5-;. The molecule has 0 radical (unpaired) electrons. The van der Waals surface area contributed by atoms with Crippen molar-refractivity contribution in [2.24, 2.45) is 10.8 Å². The van der Waals surface area contributed by atoms with E-state index < -0.39 is 0 Å². The summed E-state index contributed by atoms with van der Waals surface area (Å²) in [6.45, 7) is 4.01. The van der Waals surface area contributed by atoms with Gasteiger partial charge < -0.3 is 24.0 Å². The summed E-state index contributed by atoms with van der Waals surface area (Å²) >= 11 is 1.45. The van der Waals surface area contributed by atoms with Gasteiger partial charge in [-0.1, -0.05) is 12.0 Å². The molecule has 0 atom stereocenters. The molecule has 0 amide bonds. The molecule has 0 saturated heterocycles. The minimum Gasteiger partial charge on any atom is -1.00 e. The van der Waals surface area contributed by atoms with E-state index in [-0.39, 0.29) is 24.0 Å². The molecule has 0 aliphatic carbocycles. The van der Waals surface area contributed by atoms with Crippen LogP contribution in [0.4, 0.5) is 0 Å². The molecular formula is C6H14IN3S. The van der Waals surface area contributed by atoms with Crippen LogP contribution < -0.4 is 34.8 Å². The molecule has 0 spiro atoms. The minimum absolute atomic E-state index is 0. The van der Waals surface area contributed by atoms with Crippen LogP contribution in [-0.4, -0.2) is 17.1 Å². The summed E-state index contributed by atoms with van der Waals surface area (Å²) in [5.41, 5.74) is 6.49. The molecule has 0 bridgehead atoms. The third-order valence-corrected chi connectivity index (χ3v) is 1.62. The van der Waals surface area contributed by atoms with Crippen LogP contribution in [0.15, 0.2) is 5.10 Å². The van der Waals surface area contributed by atoms with E-state index in [2.05, 4.69) is 17.1 Å². The van der Waals surface area contributed by atoms with Crippen molar-refractivity contribution < 1.29 is 29.1 Å². The van der Waals surface area contributed by atoms with Crippen LogP contribution in [0.3, 0.4) is 0 Å². The molecule has 0 aromatic carbocycles. The SMILES string of the molecule is CC/C(C)=N\[NH+]=C(\N)SC.[I-]. The number of halogens is 1. The lowest BCUT2D eigenvalue weighted by atomic mass is 10.3. The Morgan fingerprint density at radius 2 is 2.18 bits per heavy atom. The van der Waals surface area contributed by atoms with Crippen LogP contribution >= 0.6 is 11.8 Å². The lowest BCUT2D eigenvalue weighted by molar-refractivity contribution is -0.460. The van der Waals surface area contributed by atoms with Crippen LogP contribution in [0.25, 0.3) is 0 Å². The zero-order valence-corrected chi connectivity index (χ0v) is 9.99. The maximum atomic E-state index is 5.44. The van der Waals surface area contributed by atoms with Crippen molar-refractivity contribution in [1.82, 2.24) is 0 Å². The molecule has 0 aromatic rings. The average molecular weight is 287 g/mol. The van der Waals surface area contributed by atoms with Gasteiger partial charge in [-0.3, -0.25) is 5.73 Å². The molecule has 0 heterocycles. The number of hydrogen-bond donors (Lipinski definition) is 2. The summed E-state index contributed by atoms with van der Waals surface area (Å²) < 4.78 is 0. The second-order valence-electron chi connectivity index (χ2n) is 1.88. The maximum Gasteiger partial charge on any atom is 0.326 e. The molecule has 66 valence electrons. The summed E-state index contributed by atoms with van der Waals surface area (Å²) in [5, 5.41) is 7.36. The quantitative estimate of drug-likeness (QED) is 0.240. The van der Waals surface area contributed by atoms with E-state index in [4.69, 9.17) is 5.73 Å². The van der Waals surface area contributed by atoms with Gasteiger partial charge in [0, 0.05) is 0 Å². The summed E-state index contributed by atoms with van der Waals surface area (Å²) in [5.74, 6) is 0. The van der Waals surface area contributed by atoms with Gasteiger partial charge in [-0.05, 0) is 31.4 Å². The van der Waals surface area contributed by atoms with Crippen LogP contribution in [0, 0.1) is 0 Å². The molecule has 0 rings (SSSR count). The number of nitrogens with one attached hydrogen (secondary N) is 1. The Hall–Kier alpha value is 0.220. The number of amidine groups is 1. The minimum atomic E-state index is 0. The van der Waals surface area contributed by atoms with Gasteiger partial charge in [0.1, 0.15) is 0 Å². The summed E-state index contributed by atoms with van der Waals surface area (Å²) in [7, 11) is 0. The van der Waals surface area contributed by atoms with Gasteiger partial charge in [0.05, 0.1) is 5.71 Å². The molecule has 3 N–H and O–H groups in total. The Kier molecular flexibility index (Phi) is 10.4. The van der Waals surface area contributed by atoms with Gasteiger partial charge in [-0.25, -0.2) is 0 Å². The lowest BCUT2D eigenvalue weighted by Gasteiger charge is -1.86. The molecule has 5 heteroatoms. The number of thioether (sulfide) groups is 1. The molecule has 0 unspecified atom stereocenters. The highest BCUT2D eigenvalue weighted by molar-refractivity contribution is 8.12. The normalized spacial score (nSPS) is 12.6. The zero-order valence-electron chi connectivity index (χ0n) is 7.02. The van der Waals surface area contributed by atoms with Crippen LogP contribution in [0.1, 0.15) is 20.3 Å². The van der Waals surface area contributed by atoms with Gasteiger partial charge in [0.2, 0.25) is 0 Å². The Bertz CT molecular complexity index is 138. The first-order chi connectivity index (χ1) is 4.70. The first kappa shape index (κ1) is 13.8. The molecular weight excluding hydrogens is 273 g/mol. The summed E-state index contributed by atoms with van der Waals surface area (Å²) in [6.07, 6.45) is 2.85. The van der Waals surface area contributed by atoms with Gasteiger partial charge in [-0.2, -0.15) is 0 Å².